The van der Waals surface area contributed by atoms with Gasteiger partial charge in [0.25, 0.3) is 0 Å². The summed E-state index contributed by atoms with van der Waals surface area (Å²) >= 11 is 0. The standard InChI is InChI=1S/C11H23N3O/c1-9(10-7-12-8-10)11(15)14(4)6-5-13(2)3/h9-10,12H,5-8H2,1-4H3. The van der Waals surface area contributed by atoms with Crippen LogP contribution in [0.1, 0.15) is 6.92 Å². The maximum atomic E-state index is 12.0. The first-order valence-electron chi connectivity index (χ1n) is 5.62. The molecule has 1 heterocycles. The lowest BCUT2D eigenvalue weighted by Gasteiger charge is -2.34. The molecule has 1 unspecified atom stereocenters. The summed E-state index contributed by atoms with van der Waals surface area (Å²) in [4.78, 5) is 15.9. The molecule has 1 aliphatic heterocycles. The minimum Gasteiger partial charge on any atom is -0.344 e. The van der Waals surface area contributed by atoms with Crippen molar-refractivity contribution in [2.24, 2.45) is 11.8 Å². The van der Waals surface area contributed by atoms with Crippen LogP contribution in [-0.4, -0.2) is 63.0 Å². The Bertz CT molecular complexity index is 214. The van der Waals surface area contributed by atoms with Crippen molar-refractivity contribution in [3.05, 3.63) is 0 Å². The third kappa shape index (κ3) is 3.47. The van der Waals surface area contributed by atoms with Crippen LogP contribution in [0.25, 0.3) is 0 Å². The minimum absolute atomic E-state index is 0.165. The Morgan fingerprint density at radius 1 is 1.33 bits per heavy atom. The van der Waals surface area contributed by atoms with Crippen molar-refractivity contribution >= 4 is 5.91 Å². The van der Waals surface area contributed by atoms with E-state index < -0.39 is 0 Å². The highest BCUT2D eigenvalue weighted by Crippen LogP contribution is 2.17. The van der Waals surface area contributed by atoms with Crippen LogP contribution in [0.5, 0.6) is 0 Å². The van der Waals surface area contributed by atoms with Gasteiger partial charge in [-0.3, -0.25) is 4.79 Å². The number of amides is 1. The Hall–Kier alpha value is -0.610. The summed E-state index contributed by atoms with van der Waals surface area (Å²) in [6, 6.07) is 0. The van der Waals surface area contributed by atoms with Crippen LogP contribution in [0.2, 0.25) is 0 Å². The molecule has 1 fully saturated rings. The fourth-order valence-electron chi connectivity index (χ4n) is 1.67. The third-order valence-corrected chi connectivity index (χ3v) is 3.17. The summed E-state index contributed by atoms with van der Waals surface area (Å²) in [5, 5.41) is 3.21. The Morgan fingerprint density at radius 2 is 1.93 bits per heavy atom. The first kappa shape index (κ1) is 12.5. The second-order valence-corrected chi connectivity index (χ2v) is 4.77. The summed E-state index contributed by atoms with van der Waals surface area (Å²) in [7, 11) is 5.95. The first-order chi connectivity index (χ1) is 7.02. The van der Waals surface area contributed by atoms with Gasteiger partial charge in [-0.2, -0.15) is 0 Å². The number of hydrogen-bond acceptors (Lipinski definition) is 3. The predicted octanol–water partition coefficient (Wildman–Crippen LogP) is -0.138. The normalized spacial score (nSPS) is 18.7. The Balaban J connectivity index is 2.30. The van der Waals surface area contributed by atoms with Crippen LogP contribution < -0.4 is 5.32 Å². The average Bonchev–Trinajstić information content (AvgIpc) is 2.09. The zero-order valence-corrected chi connectivity index (χ0v) is 10.3. The Kier molecular flexibility index (Phi) is 4.54. The van der Waals surface area contributed by atoms with Crippen molar-refractivity contribution in [2.45, 2.75) is 6.92 Å². The SMILES string of the molecule is CC(C(=O)N(C)CCN(C)C)C1CNC1. The van der Waals surface area contributed by atoms with Gasteiger partial charge >= 0.3 is 0 Å². The first-order valence-corrected chi connectivity index (χ1v) is 5.62. The van der Waals surface area contributed by atoms with Gasteiger partial charge in [-0.15, -0.1) is 0 Å². The number of hydrogen-bond donors (Lipinski definition) is 1. The van der Waals surface area contributed by atoms with Crippen LogP contribution in [0.15, 0.2) is 0 Å². The largest absolute Gasteiger partial charge is 0.344 e. The fraction of sp³-hybridized carbons (Fsp3) is 0.909. The number of nitrogens with zero attached hydrogens (tertiary/aromatic N) is 2. The molecule has 4 heteroatoms. The molecule has 4 nitrogen and oxygen atoms in total. The third-order valence-electron chi connectivity index (χ3n) is 3.17. The second kappa shape index (κ2) is 5.47. The number of carbonyl (C=O) groups is 1. The number of carbonyl (C=O) groups excluding carboxylic acids is 1. The highest BCUT2D eigenvalue weighted by molar-refractivity contribution is 5.78. The van der Waals surface area contributed by atoms with Gasteiger partial charge in [0.15, 0.2) is 0 Å². The second-order valence-electron chi connectivity index (χ2n) is 4.77. The molecule has 1 N–H and O–H groups in total. The van der Waals surface area contributed by atoms with Crippen LogP contribution in [-0.2, 0) is 4.79 Å². The van der Waals surface area contributed by atoms with Gasteiger partial charge in [0.2, 0.25) is 5.91 Å². The summed E-state index contributed by atoms with van der Waals surface area (Å²) in [5.41, 5.74) is 0. The Labute approximate surface area is 92.6 Å². The molecule has 88 valence electrons. The molecule has 0 aromatic carbocycles. The molecule has 15 heavy (non-hydrogen) atoms. The molecule has 0 aromatic heterocycles. The van der Waals surface area contributed by atoms with Gasteiger partial charge in [0, 0.05) is 26.1 Å². The molecule has 0 aromatic rings. The summed E-state index contributed by atoms with van der Waals surface area (Å²) in [6.07, 6.45) is 0. The van der Waals surface area contributed by atoms with Crippen molar-refractivity contribution in [3.8, 4) is 0 Å². The van der Waals surface area contributed by atoms with Crippen LogP contribution in [0, 0.1) is 11.8 Å². The molecule has 0 radical (unpaired) electrons. The van der Waals surface area contributed by atoms with E-state index in [4.69, 9.17) is 0 Å². The molecular weight excluding hydrogens is 190 g/mol. The monoisotopic (exact) mass is 213 g/mol. The van der Waals surface area contributed by atoms with E-state index in [2.05, 4.69) is 10.2 Å². The van der Waals surface area contributed by atoms with Crippen molar-refractivity contribution in [3.63, 3.8) is 0 Å². The lowest BCUT2D eigenvalue weighted by molar-refractivity contribution is -0.136. The van der Waals surface area contributed by atoms with Gasteiger partial charge < -0.3 is 15.1 Å². The highest BCUT2D eigenvalue weighted by atomic mass is 16.2. The van der Waals surface area contributed by atoms with E-state index in [1.165, 1.54) is 0 Å². The lowest BCUT2D eigenvalue weighted by Crippen LogP contribution is -2.50. The molecule has 1 amide bonds. The summed E-state index contributed by atoms with van der Waals surface area (Å²) in [5.74, 6) is 0.987. The zero-order valence-electron chi connectivity index (χ0n) is 10.3. The molecule has 1 rings (SSSR count). The molecule has 1 aliphatic rings. The van der Waals surface area contributed by atoms with E-state index in [0.29, 0.717) is 5.92 Å². The number of rotatable bonds is 5. The van der Waals surface area contributed by atoms with Gasteiger partial charge in [0.1, 0.15) is 0 Å². The van der Waals surface area contributed by atoms with E-state index in [1.807, 2.05) is 33.0 Å². The lowest BCUT2D eigenvalue weighted by atomic mass is 9.88. The highest BCUT2D eigenvalue weighted by Gasteiger charge is 2.30. The van der Waals surface area contributed by atoms with E-state index in [0.717, 1.165) is 26.2 Å². The average molecular weight is 213 g/mol. The molecule has 1 saturated heterocycles. The van der Waals surface area contributed by atoms with Crippen LogP contribution >= 0.6 is 0 Å². The van der Waals surface area contributed by atoms with E-state index in [9.17, 15) is 4.79 Å². The molecule has 0 bridgehead atoms. The van der Waals surface area contributed by atoms with Gasteiger partial charge in [-0.05, 0) is 33.1 Å². The maximum absolute atomic E-state index is 12.0. The predicted molar refractivity (Wildman–Crippen MR) is 61.7 cm³/mol. The zero-order chi connectivity index (χ0) is 11.4. The van der Waals surface area contributed by atoms with E-state index in [1.54, 1.807) is 0 Å². The van der Waals surface area contributed by atoms with Crippen LogP contribution in [0.3, 0.4) is 0 Å². The van der Waals surface area contributed by atoms with Crippen LogP contribution in [0.4, 0.5) is 0 Å². The number of nitrogens with one attached hydrogen (secondary N) is 1. The molecule has 0 spiro atoms. The smallest absolute Gasteiger partial charge is 0.225 e. The maximum Gasteiger partial charge on any atom is 0.225 e. The number of likely N-dealkylation sites (N-methyl/N-ethyl adjacent to an activating group) is 2. The van der Waals surface area contributed by atoms with Crippen molar-refractivity contribution in [1.29, 1.82) is 0 Å². The quantitative estimate of drug-likeness (QED) is 0.690. The van der Waals surface area contributed by atoms with Gasteiger partial charge in [0.05, 0.1) is 0 Å². The van der Waals surface area contributed by atoms with Crippen molar-refractivity contribution in [2.75, 3.05) is 47.3 Å². The van der Waals surface area contributed by atoms with Gasteiger partial charge in [-0.25, -0.2) is 0 Å². The topological polar surface area (TPSA) is 35.6 Å². The van der Waals surface area contributed by atoms with E-state index >= 15 is 0 Å². The summed E-state index contributed by atoms with van der Waals surface area (Å²) in [6.45, 7) is 5.77. The van der Waals surface area contributed by atoms with Crippen molar-refractivity contribution < 1.29 is 4.79 Å². The summed E-state index contributed by atoms with van der Waals surface area (Å²) < 4.78 is 0. The van der Waals surface area contributed by atoms with Gasteiger partial charge in [-0.1, -0.05) is 6.92 Å². The molecule has 0 saturated carbocycles. The molecular formula is C11H23N3O. The van der Waals surface area contributed by atoms with E-state index in [-0.39, 0.29) is 11.8 Å². The minimum atomic E-state index is 0.165. The van der Waals surface area contributed by atoms with Crippen molar-refractivity contribution in [1.82, 2.24) is 15.1 Å². The molecule has 1 atom stereocenters. The molecule has 0 aliphatic carbocycles. The Morgan fingerprint density at radius 3 is 2.33 bits per heavy atom. The fourth-order valence-corrected chi connectivity index (χ4v) is 1.67.